The zero-order valence-corrected chi connectivity index (χ0v) is 11.5. The number of rotatable bonds is 6. The van der Waals surface area contributed by atoms with E-state index in [1.807, 2.05) is 6.07 Å². The number of halogens is 1. The smallest absolute Gasteiger partial charge is 0.123 e. The van der Waals surface area contributed by atoms with E-state index in [1.54, 1.807) is 12.1 Å². The third-order valence-corrected chi connectivity index (χ3v) is 3.63. The molecule has 1 fully saturated rings. The highest BCUT2D eigenvalue weighted by atomic mass is 19.1. The summed E-state index contributed by atoms with van der Waals surface area (Å²) in [6.45, 7) is 5.21. The van der Waals surface area contributed by atoms with Gasteiger partial charge in [-0.15, -0.1) is 0 Å². The normalized spacial score (nSPS) is 16.7. The molecule has 1 N–H and O–H groups in total. The standard InChI is InChI=1S/C15H23FN2/c1-4-9-17-11(2)14-10-12(16)5-8-15(14)18(3)13-6-7-13/h5,8,10-11,13,17H,4,6-7,9H2,1-3H3. The van der Waals surface area contributed by atoms with Crippen molar-refractivity contribution in [2.45, 2.75) is 45.2 Å². The lowest BCUT2D eigenvalue weighted by Crippen LogP contribution is -2.25. The summed E-state index contributed by atoms with van der Waals surface area (Å²) in [7, 11) is 2.11. The molecule has 18 heavy (non-hydrogen) atoms. The van der Waals surface area contributed by atoms with Crippen LogP contribution in [0.15, 0.2) is 18.2 Å². The van der Waals surface area contributed by atoms with Crippen molar-refractivity contribution in [2.24, 2.45) is 0 Å². The molecule has 1 aromatic rings. The van der Waals surface area contributed by atoms with Crippen molar-refractivity contribution in [3.05, 3.63) is 29.6 Å². The van der Waals surface area contributed by atoms with E-state index in [0.29, 0.717) is 6.04 Å². The number of hydrogen-bond donors (Lipinski definition) is 1. The quantitative estimate of drug-likeness (QED) is 0.831. The van der Waals surface area contributed by atoms with E-state index < -0.39 is 0 Å². The van der Waals surface area contributed by atoms with Crippen LogP contribution in [0.4, 0.5) is 10.1 Å². The van der Waals surface area contributed by atoms with Crippen LogP contribution in [0.2, 0.25) is 0 Å². The monoisotopic (exact) mass is 250 g/mol. The van der Waals surface area contributed by atoms with E-state index in [0.717, 1.165) is 24.2 Å². The fourth-order valence-corrected chi connectivity index (χ4v) is 2.32. The van der Waals surface area contributed by atoms with Crippen molar-refractivity contribution in [1.82, 2.24) is 5.32 Å². The Morgan fingerprint density at radius 2 is 2.17 bits per heavy atom. The van der Waals surface area contributed by atoms with Gasteiger partial charge in [0.15, 0.2) is 0 Å². The molecule has 1 aliphatic rings. The van der Waals surface area contributed by atoms with Gasteiger partial charge in [-0.2, -0.15) is 0 Å². The van der Waals surface area contributed by atoms with Crippen molar-refractivity contribution in [3.63, 3.8) is 0 Å². The maximum absolute atomic E-state index is 13.5. The molecule has 2 rings (SSSR count). The van der Waals surface area contributed by atoms with Gasteiger partial charge in [-0.1, -0.05) is 6.92 Å². The molecule has 0 aromatic heterocycles. The van der Waals surface area contributed by atoms with Gasteiger partial charge in [0.25, 0.3) is 0 Å². The molecule has 100 valence electrons. The topological polar surface area (TPSA) is 15.3 Å². The second kappa shape index (κ2) is 5.70. The molecular weight excluding hydrogens is 227 g/mol. The van der Waals surface area contributed by atoms with Gasteiger partial charge in [0.1, 0.15) is 5.82 Å². The van der Waals surface area contributed by atoms with Crippen LogP contribution < -0.4 is 10.2 Å². The Kier molecular flexibility index (Phi) is 4.23. The molecule has 0 saturated heterocycles. The van der Waals surface area contributed by atoms with E-state index in [-0.39, 0.29) is 11.9 Å². The van der Waals surface area contributed by atoms with Crippen molar-refractivity contribution in [3.8, 4) is 0 Å². The molecule has 1 saturated carbocycles. The van der Waals surface area contributed by atoms with Crippen LogP contribution >= 0.6 is 0 Å². The Bertz CT molecular complexity index is 401. The Labute approximate surface area is 109 Å². The summed E-state index contributed by atoms with van der Waals surface area (Å²) in [6, 6.07) is 5.98. The summed E-state index contributed by atoms with van der Waals surface area (Å²) >= 11 is 0. The average molecular weight is 250 g/mol. The fourth-order valence-electron chi connectivity index (χ4n) is 2.32. The van der Waals surface area contributed by atoms with Gasteiger partial charge < -0.3 is 10.2 Å². The van der Waals surface area contributed by atoms with Gasteiger partial charge >= 0.3 is 0 Å². The van der Waals surface area contributed by atoms with Gasteiger partial charge in [-0.05, 0) is 56.5 Å². The first-order valence-electron chi connectivity index (χ1n) is 6.89. The third kappa shape index (κ3) is 3.02. The van der Waals surface area contributed by atoms with Crippen molar-refractivity contribution in [1.29, 1.82) is 0 Å². The maximum atomic E-state index is 13.5. The zero-order chi connectivity index (χ0) is 13.1. The molecule has 0 heterocycles. The molecule has 1 aliphatic carbocycles. The minimum Gasteiger partial charge on any atom is -0.371 e. The molecule has 1 unspecified atom stereocenters. The van der Waals surface area contributed by atoms with Crippen LogP contribution in [-0.4, -0.2) is 19.6 Å². The largest absolute Gasteiger partial charge is 0.371 e. The number of hydrogen-bond acceptors (Lipinski definition) is 2. The maximum Gasteiger partial charge on any atom is 0.123 e. The van der Waals surface area contributed by atoms with Crippen LogP contribution in [0, 0.1) is 5.82 Å². The Morgan fingerprint density at radius 1 is 1.44 bits per heavy atom. The number of benzene rings is 1. The molecule has 0 amide bonds. The predicted octanol–water partition coefficient (Wildman–Crippen LogP) is 3.48. The first kappa shape index (κ1) is 13.3. The highest BCUT2D eigenvalue weighted by Gasteiger charge is 2.28. The molecule has 0 bridgehead atoms. The second-order valence-corrected chi connectivity index (χ2v) is 5.22. The minimum absolute atomic E-state index is 0.150. The van der Waals surface area contributed by atoms with Crippen LogP contribution in [0.5, 0.6) is 0 Å². The Hall–Kier alpha value is -1.09. The molecule has 0 spiro atoms. The van der Waals surface area contributed by atoms with Gasteiger partial charge in [0.2, 0.25) is 0 Å². The second-order valence-electron chi connectivity index (χ2n) is 5.22. The van der Waals surface area contributed by atoms with Crippen LogP contribution in [0.25, 0.3) is 0 Å². The average Bonchev–Trinajstić information content (AvgIpc) is 3.19. The summed E-state index contributed by atoms with van der Waals surface area (Å²) in [5, 5.41) is 3.44. The van der Waals surface area contributed by atoms with Crippen molar-refractivity contribution in [2.75, 3.05) is 18.5 Å². The fraction of sp³-hybridized carbons (Fsp3) is 0.600. The van der Waals surface area contributed by atoms with E-state index in [4.69, 9.17) is 0 Å². The summed E-state index contributed by atoms with van der Waals surface area (Å²) < 4.78 is 13.5. The van der Waals surface area contributed by atoms with Gasteiger partial charge in [-0.3, -0.25) is 0 Å². The first-order chi connectivity index (χ1) is 8.63. The molecule has 2 nitrogen and oxygen atoms in total. The Balaban J connectivity index is 2.21. The summed E-state index contributed by atoms with van der Waals surface area (Å²) in [6.07, 6.45) is 3.60. The third-order valence-electron chi connectivity index (χ3n) is 3.63. The lowest BCUT2D eigenvalue weighted by Gasteiger charge is -2.25. The lowest BCUT2D eigenvalue weighted by molar-refractivity contribution is 0.561. The zero-order valence-electron chi connectivity index (χ0n) is 11.5. The molecule has 1 atom stereocenters. The summed E-state index contributed by atoms with van der Waals surface area (Å²) in [4.78, 5) is 2.29. The Morgan fingerprint density at radius 3 is 2.78 bits per heavy atom. The van der Waals surface area contributed by atoms with Gasteiger partial charge in [0, 0.05) is 24.8 Å². The minimum atomic E-state index is -0.150. The number of anilines is 1. The van der Waals surface area contributed by atoms with E-state index in [2.05, 4.69) is 31.1 Å². The van der Waals surface area contributed by atoms with E-state index >= 15 is 0 Å². The van der Waals surface area contributed by atoms with Crippen LogP contribution in [-0.2, 0) is 0 Å². The number of nitrogens with zero attached hydrogens (tertiary/aromatic N) is 1. The van der Waals surface area contributed by atoms with E-state index in [9.17, 15) is 4.39 Å². The first-order valence-corrected chi connectivity index (χ1v) is 6.89. The summed E-state index contributed by atoms with van der Waals surface area (Å²) in [5.41, 5.74) is 2.23. The molecular formula is C15H23FN2. The van der Waals surface area contributed by atoms with Crippen molar-refractivity contribution < 1.29 is 4.39 Å². The van der Waals surface area contributed by atoms with Gasteiger partial charge in [0.05, 0.1) is 0 Å². The van der Waals surface area contributed by atoms with E-state index in [1.165, 1.54) is 12.8 Å². The molecule has 3 heteroatoms. The van der Waals surface area contributed by atoms with Crippen LogP contribution in [0.1, 0.15) is 44.7 Å². The van der Waals surface area contributed by atoms with Crippen molar-refractivity contribution >= 4 is 5.69 Å². The predicted molar refractivity (Wildman–Crippen MR) is 74.5 cm³/mol. The number of nitrogens with one attached hydrogen (secondary N) is 1. The lowest BCUT2D eigenvalue weighted by atomic mass is 10.0. The molecule has 0 aliphatic heterocycles. The molecule has 1 aromatic carbocycles. The summed E-state index contributed by atoms with van der Waals surface area (Å²) in [5.74, 6) is -0.150. The van der Waals surface area contributed by atoms with Crippen LogP contribution in [0.3, 0.4) is 0 Å². The molecule has 0 radical (unpaired) electrons. The SMILES string of the molecule is CCCNC(C)c1cc(F)ccc1N(C)C1CC1. The highest BCUT2D eigenvalue weighted by Crippen LogP contribution is 2.34. The van der Waals surface area contributed by atoms with Gasteiger partial charge in [-0.25, -0.2) is 4.39 Å². The highest BCUT2D eigenvalue weighted by molar-refractivity contribution is 5.56.